The largest absolute Gasteiger partial charge is 0.448 e. The van der Waals surface area contributed by atoms with Crippen molar-refractivity contribution >= 4 is 12.1 Å². The lowest BCUT2D eigenvalue weighted by Crippen LogP contribution is -2.32. The molecule has 272 valence electrons. The molecule has 1 aliphatic rings. The average molecular weight is 712 g/mol. The van der Waals surface area contributed by atoms with E-state index in [0.29, 0.717) is 39.6 Å². The molecule has 0 fully saturated rings. The van der Waals surface area contributed by atoms with Gasteiger partial charge in [0.15, 0.2) is 0 Å². The smallest absolute Gasteiger partial charge is 0.409 e. The highest BCUT2D eigenvalue weighted by Crippen LogP contribution is 2.44. The van der Waals surface area contributed by atoms with Crippen LogP contribution < -0.4 is 4.74 Å². The molecule has 0 spiro atoms. The summed E-state index contributed by atoms with van der Waals surface area (Å²) in [5.74, 6) is -14.2. The van der Waals surface area contributed by atoms with Gasteiger partial charge in [0.05, 0.1) is 72.5 Å². The van der Waals surface area contributed by atoms with Crippen LogP contribution in [0.25, 0.3) is 11.1 Å². The Labute approximate surface area is 285 Å². The molecule has 0 atom stereocenters. The van der Waals surface area contributed by atoms with E-state index in [-0.39, 0.29) is 45.6 Å². The Morgan fingerprint density at radius 1 is 0.600 bits per heavy atom. The summed E-state index contributed by atoms with van der Waals surface area (Å²) in [7, 11) is 1.66. The molecule has 3 aromatic rings. The summed E-state index contributed by atoms with van der Waals surface area (Å²) in [6.45, 7) is 2.84. The van der Waals surface area contributed by atoms with Gasteiger partial charge >= 0.3 is 12.1 Å². The van der Waals surface area contributed by atoms with Crippen molar-refractivity contribution in [1.29, 1.82) is 0 Å². The first-order valence-electron chi connectivity index (χ1n) is 15.9. The summed E-state index contributed by atoms with van der Waals surface area (Å²) < 4.78 is 103. The number of carbonyl (C=O) groups is 2. The lowest BCUT2D eigenvalue weighted by atomic mass is 9.98. The third kappa shape index (κ3) is 10.7. The molecule has 0 radical (unpaired) electrons. The Bertz CT molecular complexity index is 1500. The number of hydrogen-bond donors (Lipinski definition) is 0. The number of ether oxygens (including phenoxy) is 7. The summed E-state index contributed by atoms with van der Waals surface area (Å²) in [5.41, 5.74) is 4.65. The Morgan fingerprint density at radius 2 is 1.02 bits per heavy atom. The maximum absolute atomic E-state index is 13.6. The Kier molecular flexibility index (Phi) is 15.4. The zero-order valence-electron chi connectivity index (χ0n) is 27.4. The van der Waals surface area contributed by atoms with Crippen LogP contribution in [0.1, 0.15) is 23.5 Å². The molecule has 1 amide bonds. The van der Waals surface area contributed by atoms with E-state index in [9.17, 15) is 31.5 Å². The molecule has 0 heterocycles. The van der Waals surface area contributed by atoms with Crippen LogP contribution in [0.4, 0.5) is 26.7 Å². The quantitative estimate of drug-likeness (QED) is 0.0347. The van der Waals surface area contributed by atoms with Crippen molar-refractivity contribution < 1.29 is 64.7 Å². The second kappa shape index (κ2) is 19.9. The second-order valence-corrected chi connectivity index (χ2v) is 10.9. The van der Waals surface area contributed by atoms with Gasteiger partial charge in [-0.05, 0) is 22.3 Å². The molecular weight excluding hydrogens is 673 g/mol. The van der Waals surface area contributed by atoms with Gasteiger partial charge in [0.25, 0.3) is 0 Å². The number of hydrogen-bond acceptors (Lipinski definition) is 9. The molecule has 0 saturated heterocycles. The minimum Gasteiger partial charge on any atom is -0.448 e. The number of benzene rings is 3. The minimum atomic E-state index is -2.35. The first-order valence-corrected chi connectivity index (χ1v) is 15.9. The maximum Gasteiger partial charge on any atom is 0.409 e. The third-order valence-corrected chi connectivity index (χ3v) is 7.54. The second-order valence-electron chi connectivity index (χ2n) is 10.9. The van der Waals surface area contributed by atoms with E-state index in [4.69, 9.17) is 28.4 Å². The SMILES string of the molecule is CN(CCOCCOCCOCCOCCOCCC(=O)Oc1c(F)c(F)c(F)c(F)c1F)C(=O)OCC1c2ccccc2-c2ccccc21. The maximum atomic E-state index is 13.6. The highest BCUT2D eigenvalue weighted by Gasteiger charge is 2.30. The van der Waals surface area contributed by atoms with Gasteiger partial charge in [-0.2, -0.15) is 8.78 Å². The van der Waals surface area contributed by atoms with Gasteiger partial charge in [0, 0.05) is 19.5 Å². The van der Waals surface area contributed by atoms with Gasteiger partial charge in [-0.1, -0.05) is 48.5 Å². The van der Waals surface area contributed by atoms with Crippen LogP contribution in [0.5, 0.6) is 5.75 Å². The summed E-state index contributed by atoms with van der Waals surface area (Å²) >= 11 is 0. The fraction of sp³-hybridized carbons (Fsp3) is 0.429. The van der Waals surface area contributed by atoms with Gasteiger partial charge in [0.1, 0.15) is 6.61 Å². The highest BCUT2D eigenvalue weighted by molar-refractivity contribution is 5.79. The Morgan fingerprint density at radius 3 is 1.52 bits per heavy atom. The highest BCUT2D eigenvalue weighted by atomic mass is 19.2. The summed E-state index contributed by atoms with van der Waals surface area (Å²) in [4.78, 5) is 25.7. The molecule has 0 aromatic heterocycles. The van der Waals surface area contributed by atoms with E-state index in [0.717, 1.165) is 11.1 Å². The molecule has 4 rings (SSSR count). The molecule has 0 saturated carbocycles. The predicted octanol–water partition coefficient (Wildman–Crippen LogP) is 5.64. The van der Waals surface area contributed by atoms with Crippen LogP contribution >= 0.6 is 0 Å². The van der Waals surface area contributed by atoms with Gasteiger partial charge in [0.2, 0.25) is 34.8 Å². The molecule has 0 aliphatic heterocycles. The molecule has 10 nitrogen and oxygen atoms in total. The normalized spacial score (nSPS) is 12.1. The number of fused-ring (bicyclic) bond motifs is 3. The number of likely N-dealkylation sites (N-methyl/N-ethyl adjacent to an activating group) is 1. The summed E-state index contributed by atoms with van der Waals surface area (Å²) in [6.07, 6.45) is -0.912. The molecule has 0 unspecified atom stereocenters. The first kappa shape index (κ1) is 38.6. The van der Waals surface area contributed by atoms with E-state index in [1.54, 1.807) is 7.05 Å². The number of esters is 1. The van der Waals surface area contributed by atoms with Crippen LogP contribution in [0, 0.1) is 29.1 Å². The van der Waals surface area contributed by atoms with E-state index in [1.165, 1.54) is 16.0 Å². The molecule has 50 heavy (non-hydrogen) atoms. The number of amides is 1. The van der Waals surface area contributed by atoms with Crippen molar-refractivity contribution in [2.75, 3.05) is 86.3 Å². The van der Waals surface area contributed by atoms with Crippen molar-refractivity contribution in [1.82, 2.24) is 4.90 Å². The van der Waals surface area contributed by atoms with E-state index >= 15 is 0 Å². The number of nitrogens with zero attached hydrogens (tertiary/aromatic N) is 1. The number of rotatable bonds is 21. The lowest BCUT2D eigenvalue weighted by molar-refractivity contribution is -0.136. The zero-order chi connectivity index (χ0) is 35.9. The van der Waals surface area contributed by atoms with Crippen LogP contribution in [-0.4, -0.2) is 103 Å². The van der Waals surface area contributed by atoms with E-state index < -0.39 is 53.3 Å². The van der Waals surface area contributed by atoms with Gasteiger partial charge in [-0.25, -0.2) is 18.0 Å². The number of carbonyl (C=O) groups excluding carboxylic acids is 2. The molecule has 0 N–H and O–H groups in total. The molecule has 3 aromatic carbocycles. The molecule has 15 heteroatoms. The molecule has 1 aliphatic carbocycles. The van der Waals surface area contributed by atoms with Crippen molar-refractivity contribution in [3.63, 3.8) is 0 Å². The first-order chi connectivity index (χ1) is 24.2. The van der Waals surface area contributed by atoms with Crippen molar-refractivity contribution in [3.8, 4) is 16.9 Å². The Hall–Kier alpha value is -4.15. The van der Waals surface area contributed by atoms with Crippen molar-refractivity contribution in [2.45, 2.75) is 12.3 Å². The third-order valence-electron chi connectivity index (χ3n) is 7.54. The fourth-order valence-corrected chi connectivity index (χ4v) is 4.97. The van der Waals surface area contributed by atoms with Gasteiger partial charge < -0.3 is 38.1 Å². The average Bonchev–Trinajstić information content (AvgIpc) is 3.45. The van der Waals surface area contributed by atoms with E-state index in [2.05, 4.69) is 29.0 Å². The minimum absolute atomic E-state index is 0.00368. The van der Waals surface area contributed by atoms with Crippen molar-refractivity contribution in [3.05, 3.63) is 88.7 Å². The summed E-state index contributed by atoms with van der Waals surface area (Å²) in [5, 5.41) is 0. The van der Waals surface area contributed by atoms with Crippen LogP contribution in [-0.2, 0) is 33.2 Å². The topological polar surface area (TPSA) is 102 Å². The predicted molar refractivity (Wildman–Crippen MR) is 168 cm³/mol. The standard InChI is InChI=1S/C35H38F5NO9/c1-41(35(43)49-22-27-25-8-4-2-6-23(25)24-7-3-5-9-26(24)27)11-13-45-15-17-47-19-21-48-20-18-46-16-14-44-12-10-28(42)50-34-32(39)30(37)29(36)31(38)33(34)40/h2-9,27H,10-22H2,1H3. The Balaban J connectivity index is 0.926. The van der Waals surface area contributed by atoms with Crippen molar-refractivity contribution in [2.24, 2.45) is 0 Å². The fourth-order valence-electron chi connectivity index (χ4n) is 4.97. The van der Waals surface area contributed by atoms with E-state index in [1.807, 2.05) is 24.3 Å². The monoisotopic (exact) mass is 711 g/mol. The molecular formula is C35H38F5NO9. The lowest BCUT2D eigenvalue weighted by Gasteiger charge is -2.19. The zero-order valence-corrected chi connectivity index (χ0v) is 27.4. The molecule has 0 bridgehead atoms. The van der Waals surface area contributed by atoms with Gasteiger partial charge in [-0.15, -0.1) is 0 Å². The van der Waals surface area contributed by atoms with Crippen LogP contribution in [0.3, 0.4) is 0 Å². The number of halogens is 5. The summed E-state index contributed by atoms with van der Waals surface area (Å²) in [6, 6.07) is 16.3. The van der Waals surface area contributed by atoms with Crippen LogP contribution in [0.15, 0.2) is 48.5 Å². The van der Waals surface area contributed by atoms with Crippen LogP contribution in [0.2, 0.25) is 0 Å². The van der Waals surface area contributed by atoms with Gasteiger partial charge in [-0.3, -0.25) is 4.79 Å².